The molecule has 3 nitrogen and oxygen atoms in total. The number of hydrogen-bond acceptors (Lipinski definition) is 4. The predicted molar refractivity (Wildman–Crippen MR) is 78.6 cm³/mol. The van der Waals surface area contributed by atoms with E-state index in [-0.39, 0.29) is 0 Å². The van der Waals surface area contributed by atoms with Gasteiger partial charge in [-0.15, -0.1) is 0 Å². The van der Waals surface area contributed by atoms with Gasteiger partial charge in [0.15, 0.2) is 11.4 Å². The summed E-state index contributed by atoms with van der Waals surface area (Å²) in [6.07, 6.45) is 3.99. The molecule has 0 spiro atoms. The van der Waals surface area contributed by atoms with Gasteiger partial charge in [-0.3, -0.25) is 4.79 Å². The summed E-state index contributed by atoms with van der Waals surface area (Å²) >= 11 is 1.50. The first-order chi connectivity index (χ1) is 9.33. The Labute approximate surface area is 116 Å². The molecule has 0 saturated heterocycles. The maximum Gasteiger partial charge on any atom is 0.190 e. The van der Waals surface area contributed by atoms with Crippen LogP contribution in [-0.2, 0) is 12.8 Å². The number of nitrogens with zero attached hydrogens (tertiary/aromatic N) is 2. The molecular formula is C15H16N2OS. The Morgan fingerprint density at radius 1 is 1.42 bits per heavy atom. The van der Waals surface area contributed by atoms with Crippen molar-refractivity contribution in [1.29, 1.82) is 0 Å². The fourth-order valence-electron chi connectivity index (χ4n) is 2.54. The number of fused-ring (bicyclic) bond motifs is 1. The van der Waals surface area contributed by atoms with Crippen LogP contribution in [0.2, 0.25) is 0 Å². The number of benzene rings is 1. The molecule has 0 atom stereocenters. The summed E-state index contributed by atoms with van der Waals surface area (Å²) in [7, 11) is 0. The van der Waals surface area contributed by atoms with E-state index >= 15 is 0 Å². The molecule has 0 aliphatic carbocycles. The van der Waals surface area contributed by atoms with E-state index in [1.54, 1.807) is 0 Å². The molecule has 0 saturated carbocycles. The van der Waals surface area contributed by atoms with Gasteiger partial charge in [-0.2, -0.15) is 0 Å². The third-order valence-corrected chi connectivity index (χ3v) is 4.55. The number of aldehydes is 1. The van der Waals surface area contributed by atoms with Gasteiger partial charge in [0.2, 0.25) is 0 Å². The molecule has 0 fully saturated rings. The highest BCUT2D eigenvalue weighted by Crippen LogP contribution is 2.36. The molecule has 0 unspecified atom stereocenters. The van der Waals surface area contributed by atoms with Crippen molar-refractivity contribution < 1.29 is 4.79 Å². The summed E-state index contributed by atoms with van der Waals surface area (Å²) in [6, 6.07) is 8.46. The standard InChI is InChI=1S/C15H16N2OS/c1-2-12-14(10-18)19-15(16-12)17-9-5-7-11-6-3-4-8-13(11)17/h3-4,6,8,10H,2,5,7,9H2,1H3. The minimum absolute atomic E-state index is 0.764. The predicted octanol–water partition coefficient (Wildman–Crippen LogP) is 3.60. The number of aromatic nitrogens is 1. The zero-order valence-corrected chi connectivity index (χ0v) is 11.7. The van der Waals surface area contributed by atoms with E-state index in [1.165, 1.54) is 22.6 Å². The van der Waals surface area contributed by atoms with Crippen molar-refractivity contribution in [2.24, 2.45) is 0 Å². The Morgan fingerprint density at radius 2 is 2.26 bits per heavy atom. The average Bonchev–Trinajstić information content (AvgIpc) is 2.89. The van der Waals surface area contributed by atoms with Crippen LogP contribution in [0.5, 0.6) is 0 Å². The number of carbonyl (C=O) groups excluding carboxylic acids is 1. The van der Waals surface area contributed by atoms with Crippen LogP contribution >= 0.6 is 11.3 Å². The molecule has 1 aliphatic rings. The van der Waals surface area contributed by atoms with Gasteiger partial charge in [0.05, 0.1) is 10.6 Å². The van der Waals surface area contributed by atoms with E-state index in [2.05, 4.69) is 34.1 Å². The van der Waals surface area contributed by atoms with Crippen molar-refractivity contribution in [2.75, 3.05) is 11.4 Å². The van der Waals surface area contributed by atoms with E-state index in [1.807, 2.05) is 6.92 Å². The Bertz CT molecular complexity index is 606. The van der Waals surface area contributed by atoms with Crippen LogP contribution in [0.4, 0.5) is 10.8 Å². The summed E-state index contributed by atoms with van der Waals surface area (Å²) in [5, 5.41) is 0.950. The summed E-state index contributed by atoms with van der Waals surface area (Å²) < 4.78 is 0. The molecule has 4 heteroatoms. The molecule has 0 N–H and O–H groups in total. The number of hydrogen-bond donors (Lipinski definition) is 0. The lowest BCUT2D eigenvalue weighted by atomic mass is 10.0. The maximum absolute atomic E-state index is 11.1. The van der Waals surface area contributed by atoms with Gasteiger partial charge in [0.1, 0.15) is 0 Å². The van der Waals surface area contributed by atoms with Gasteiger partial charge in [0, 0.05) is 12.2 Å². The Kier molecular flexibility index (Phi) is 3.34. The second-order valence-corrected chi connectivity index (χ2v) is 5.67. The van der Waals surface area contributed by atoms with Gasteiger partial charge in [-0.25, -0.2) is 4.98 Å². The Morgan fingerprint density at radius 3 is 3.00 bits per heavy atom. The molecule has 0 bridgehead atoms. The minimum atomic E-state index is 0.764. The molecule has 3 rings (SSSR count). The average molecular weight is 272 g/mol. The van der Waals surface area contributed by atoms with Gasteiger partial charge in [-0.1, -0.05) is 36.5 Å². The molecule has 2 aromatic rings. The first-order valence-corrected chi connectivity index (χ1v) is 7.45. The first kappa shape index (κ1) is 12.4. The van der Waals surface area contributed by atoms with Gasteiger partial charge in [0.25, 0.3) is 0 Å². The van der Waals surface area contributed by atoms with E-state index in [4.69, 9.17) is 0 Å². The summed E-state index contributed by atoms with van der Waals surface area (Å²) in [4.78, 5) is 18.7. The van der Waals surface area contributed by atoms with Crippen molar-refractivity contribution in [2.45, 2.75) is 26.2 Å². The zero-order chi connectivity index (χ0) is 13.2. The van der Waals surface area contributed by atoms with Gasteiger partial charge >= 0.3 is 0 Å². The lowest BCUT2D eigenvalue weighted by Gasteiger charge is -2.28. The highest BCUT2D eigenvalue weighted by molar-refractivity contribution is 7.17. The SMILES string of the molecule is CCc1nc(N2CCCc3ccccc32)sc1C=O. The number of para-hydroxylation sites is 1. The molecule has 0 radical (unpaired) electrons. The van der Waals surface area contributed by atoms with E-state index < -0.39 is 0 Å². The van der Waals surface area contributed by atoms with E-state index in [9.17, 15) is 4.79 Å². The second-order valence-electron chi connectivity index (χ2n) is 4.66. The molecule has 19 heavy (non-hydrogen) atoms. The lowest BCUT2D eigenvalue weighted by molar-refractivity contribution is 0.112. The van der Waals surface area contributed by atoms with Crippen LogP contribution in [0.1, 0.15) is 34.3 Å². The van der Waals surface area contributed by atoms with Crippen LogP contribution in [-0.4, -0.2) is 17.8 Å². The van der Waals surface area contributed by atoms with Crippen LogP contribution < -0.4 is 4.90 Å². The molecule has 98 valence electrons. The summed E-state index contributed by atoms with van der Waals surface area (Å²) in [5.41, 5.74) is 3.52. The summed E-state index contributed by atoms with van der Waals surface area (Å²) in [6.45, 7) is 3.02. The number of anilines is 2. The summed E-state index contributed by atoms with van der Waals surface area (Å²) in [5.74, 6) is 0. The van der Waals surface area contributed by atoms with Crippen molar-refractivity contribution in [3.05, 3.63) is 40.4 Å². The van der Waals surface area contributed by atoms with E-state index in [0.29, 0.717) is 0 Å². The molecule has 1 aliphatic heterocycles. The van der Waals surface area contributed by atoms with Crippen molar-refractivity contribution in [3.8, 4) is 0 Å². The maximum atomic E-state index is 11.1. The fourth-order valence-corrected chi connectivity index (χ4v) is 3.55. The molecule has 0 amide bonds. The van der Waals surface area contributed by atoms with Crippen LogP contribution in [0.3, 0.4) is 0 Å². The van der Waals surface area contributed by atoms with Crippen LogP contribution in [0, 0.1) is 0 Å². The zero-order valence-electron chi connectivity index (χ0n) is 10.9. The van der Waals surface area contributed by atoms with Gasteiger partial charge in [-0.05, 0) is 30.9 Å². The molecule has 1 aromatic heterocycles. The largest absolute Gasteiger partial charge is 0.318 e. The van der Waals surface area contributed by atoms with Crippen molar-refractivity contribution in [3.63, 3.8) is 0 Å². The number of thiazole rings is 1. The van der Waals surface area contributed by atoms with Crippen molar-refractivity contribution >= 4 is 28.4 Å². The number of carbonyl (C=O) groups is 1. The molecule has 1 aromatic carbocycles. The molecule has 2 heterocycles. The second kappa shape index (κ2) is 5.13. The quantitative estimate of drug-likeness (QED) is 0.800. The highest BCUT2D eigenvalue weighted by atomic mass is 32.1. The minimum Gasteiger partial charge on any atom is -0.318 e. The lowest BCUT2D eigenvalue weighted by Crippen LogP contribution is -2.24. The monoisotopic (exact) mass is 272 g/mol. The first-order valence-electron chi connectivity index (χ1n) is 6.63. The normalized spacial score (nSPS) is 14.3. The van der Waals surface area contributed by atoms with E-state index in [0.717, 1.165) is 47.8 Å². The number of aryl methyl sites for hydroxylation is 2. The Balaban J connectivity index is 2.04. The van der Waals surface area contributed by atoms with Gasteiger partial charge < -0.3 is 4.90 Å². The Hall–Kier alpha value is -1.68. The third kappa shape index (κ3) is 2.16. The molecular weight excluding hydrogens is 256 g/mol. The smallest absolute Gasteiger partial charge is 0.190 e. The topological polar surface area (TPSA) is 33.2 Å². The fraction of sp³-hybridized carbons (Fsp3) is 0.333. The highest BCUT2D eigenvalue weighted by Gasteiger charge is 2.21. The van der Waals surface area contributed by atoms with Crippen LogP contribution in [0.15, 0.2) is 24.3 Å². The van der Waals surface area contributed by atoms with Crippen LogP contribution in [0.25, 0.3) is 0 Å². The van der Waals surface area contributed by atoms with Crippen molar-refractivity contribution in [1.82, 2.24) is 4.98 Å². The number of rotatable bonds is 3. The third-order valence-electron chi connectivity index (χ3n) is 3.50.